The lowest BCUT2D eigenvalue weighted by atomic mass is 10.1. The highest BCUT2D eigenvalue weighted by Crippen LogP contribution is 2.36. The summed E-state index contributed by atoms with van der Waals surface area (Å²) in [6, 6.07) is 14.7. The first kappa shape index (κ1) is 19.8. The monoisotopic (exact) mass is 443 g/mol. The van der Waals surface area contributed by atoms with Crippen LogP contribution < -0.4 is 0 Å². The number of hydrazone groups is 1. The van der Waals surface area contributed by atoms with Gasteiger partial charge in [0.1, 0.15) is 6.54 Å². The number of halogens is 1. The van der Waals surface area contributed by atoms with Crippen molar-refractivity contribution >= 4 is 51.8 Å². The van der Waals surface area contributed by atoms with Crippen LogP contribution in [0, 0.1) is 0 Å². The summed E-state index contributed by atoms with van der Waals surface area (Å²) in [6.07, 6.45) is 0.662. The first-order valence-electron chi connectivity index (χ1n) is 9.01. The minimum Gasteiger partial charge on any atom is -0.332 e. The molecule has 0 aliphatic carbocycles. The van der Waals surface area contributed by atoms with Gasteiger partial charge >= 0.3 is 0 Å². The zero-order chi connectivity index (χ0) is 20.4. The van der Waals surface area contributed by atoms with E-state index < -0.39 is 0 Å². The molecule has 0 saturated heterocycles. The Morgan fingerprint density at radius 3 is 2.59 bits per heavy atom. The van der Waals surface area contributed by atoms with Gasteiger partial charge in [0.05, 0.1) is 27.2 Å². The van der Waals surface area contributed by atoms with Gasteiger partial charge in [0, 0.05) is 18.3 Å². The Morgan fingerprint density at radius 2 is 1.90 bits per heavy atom. The second-order valence-electron chi connectivity index (χ2n) is 6.64. The molecule has 0 bridgehead atoms. The van der Waals surface area contributed by atoms with Crippen molar-refractivity contribution in [3.63, 3.8) is 0 Å². The smallest absolute Gasteiger partial charge is 0.262 e. The number of benzene rings is 1. The quantitative estimate of drug-likeness (QED) is 0.562. The second-order valence-corrected chi connectivity index (χ2v) is 8.97. The van der Waals surface area contributed by atoms with E-state index in [1.165, 1.54) is 9.91 Å². The first-order valence-corrected chi connectivity index (χ1v) is 11.1. The van der Waals surface area contributed by atoms with Crippen LogP contribution in [-0.2, 0) is 4.79 Å². The molecule has 2 aromatic heterocycles. The van der Waals surface area contributed by atoms with Gasteiger partial charge in [-0.2, -0.15) is 5.10 Å². The summed E-state index contributed by atoms with van der Waals surface area (Å²) in [5.41, 5.74) is 1.27. The Kier molecular flexibility index (Phi) is 5.80. The first-order chi connectivity index (χ1) is 14.0. The Bertz CT molecular complexity index is 1050. The van der Waals surface area contributed by atoms with Crippen molar-refractivity contribution in [3.8, 4) is 0 Å². The molecule has 148 valence electrons. The van der Waals surface area contributed by atoms with Crippen LogP contribution in [0.1, 0.15) is 32.6 Å². The third-order valence-corrected chi connectivity index (χ3v) is 6.89. The summed E-state index contributed by atoms with van der Waals surface area (Å²) in [7, 11) is 1.60. The average Bonchev–Trinajstić information content (AvgIpc) is 3.48. The summed E-state index contributed by atoms with van der Waals surface area (Å²) in [6.45, 7) is -0.0762. The SMILES string of the molecule is CN(CC(=O)N1N=C(c2cccs2)C[C@@H]1c1cccs1)C(=O)c1ccccc1Cl. The summed E-state index contributed by atoms with van der Waals surface area (Å²) in [4.78, 5) is 29.3. The molecule has 0 fully saturated rings. The van der Waals surface area contributed by atoms with Crippen molar-refractivity contribution < 1.29 is 9.59 Å². The highest BCUT2D eigenvalue weighted by Gasteiger charge is 2.34. The predicted octanol–water partition coefficient (Wildman–Crippen LogP) is 4.91. The van der Waals surface area contributed by atoms with Crippen LogP contribution in [0.25, 0.3) is 0 Å². The van der Waals surface area contributed by atoms with Crippen molar-refractivity contribution in [1.29, 1.82) is 0 Å². The van der Waals surface area contributed by atoms with Crippen LogP contribution in [0.3, 0.4) is 0 Å². The highest BCUT2D eigenvalue weighted by molar-refractivity contribution is 7.12. The molecular formula is C21H18ClN3O2S2. The van der Waals surface area contributed by atoms with Crippen LogP contribution in [0.4, 0.5) is 0 Å². The summed E-state index contributed by atoms with van der Waals surface area (Å²) >= 11 is 9.34. The third-order valence-electron chi connectivity index (χ3n) is 4.67. The molecule has 0 N–H and O–H groups in total. The maximum Gasteiger partial charge on any atom is 0.262 e. The van der Waals surface area contributed by atoms with Gasteiger partial charge in [-0.3, -0.25) is 9.59 Å². The van der Waals surface area contributed by atoms with E-state index in [1.807, 2.05) is 35.0 Å². The fourth-order valence-electron chi connectivity index (χ4n) is 3.22. The van der Waals surface area contributed by atoms with Gasteiger partial charge in [-0.05, 0) is 35.0 Å². The lowest BCUT2D eigenvalue weighted by Crippen LogP contribution is -2.39. The number of hydrogen-bond acceptors (Lipinski definition) is 5. The topological polar surface area (TPSA) is 53.0 Å². The number of likely N-dealkylation sites (N-methyl/N-ethyl adjacent to an activating group) is 1. The van der Waals surface area contributed by atoms with Crippen LogP contribution in [0.5, 0.6) is 0 Å². The molecular weight excluding hydrogens is 426 g/mol. The van der Waals surface area contributed by atoms with Crippen LogP contribution in [0.15, 0.2) is 64.4 Å². The molecule has 0 radical (unpaired) electrons. The van der Waals surface area contributed by atoms with E-state index in [0.29, 0.717) is 17.0 Å². The molecule has 8 heteroatoms. The fraction of sp³-hybridized carbons (Fsp3) is 0.190. The molecule has 0 spiro atoms. The Labute approximate surface area is 181 Å². The molecule has 0 saturated carbocycles. The molecule has 5 nitrogen and oxygen atoms in total. The molecule has 0 unspecified atom stereocenters. The van der Waals surface area contributed by atoms with E-state index in [1.54, 1.807) is 54.0 Å². The molecule has 3 heterocycles. The molecule has 1 atom stereocenters. The minimum atomic E-state index is -0.293. The van der Waals surface area contributed by atoms with Gasteiger partial charge in [0.2, 0.25) is 0 Å². The summed E-state index contributed by atoms with van der Waals surface area (Å²) in [5.74, 6) is -0.517. The normalized spacial score (nSPS) is 16.0. The zero-order valence-electron chi connectivity index (χ0n) is 15.6. The van der Waals surface area contributed by atoms with E-state index in [4.69, 9.17) is 11.6 Å². The van der Waals surface area contributed by atoms with Crippen molar-refractivity contribution in [2.75, 3.05) is 13.6 Å². The Morgan fingerprint density at radius 1 is 1.14 bits per heavy atom. The summed E-state index contributed by atoms with van der Waals surface area (Å²) in [5, 5.41) is 10.5. The van der Waals surface area contributed by atoms with E-state index in [2.05, 4.69) is 5.10 Å². The summed E-state index contributed by atoms with van der Waals surface area (Å²) < 4.78 is 0. The number of thiophene rings is 2. The van der Waals surface area contributed by atoms with E-state index in [0.717, 1.165) is 15.5 Å². The van der Waals surface area contributed by atoms with Crippen molar-refractivity contribution in [2.45, 2.75) is 12.5 Å². The fourth-order valence-corrected chi connectivity index (χ4v) is 4.97. The Balaban J connectivity index is 1.55. The van der Waals surface area contributed by atoms with E-state index >= 15 is 0 Å². The molecule has 4 rings (SSSR count). The number of amides is 2. The van der Waals surface area contributed by atoms with Gasteiger partial charge in [-0.25, -0.2) is 5.01 Å². The van der Waals surface area contributed by atoms with Gasteiger partial charge in [-0.15, -0.1) is 22.7 Å². The minimum absolute atomic E-state index is 0.0762. The molecule has 1 aliphatic rings. The standard InChI is InChI=1S/C21H18ClN3O2S2/c1-24(21(27)14-6-2-3-7-15(14)22)13-20(26)25-17(19-9-5-11-29-19)12-16(23-25)18-8-4-10-28-18/h2-11,17H,12-13H2,1H3/t17-/m1/s1. The highest BCUT2D eigenvalue weighted by atomic mass is 35.5. The number of carbonyl (C=O) groups excluding carboxylic acids is 2. The average molecular weight is 444 g/mol. The largest absolute Gasteiger partial charge is 0.332 e. The zero-order valence-corrected chi connectivity index (χ0v) is 18.0. The van der Waals surface area contributed by atoms with E-state index in [-0.39, 0.29) is 24.4 Å². The van der Waals surface area contributed by atoms with Gasteiger partial charge in [-0.1, -0.05) is 35.9 Å². The number of nitrogens with zero attached hydrogens (tertiary/aromatic N) is 3. The van der Waals surface area contributed by atoms with Crippen molar-refractivity contribution in [3.05, 3.63) is 79.6 Å². The van der Waals surface area contributed by atoms with Crippen LogP contribution in [-0.4, -0.2) is 41.0 Å². The van der Waals surface area contributed by atoms with Crippen LogP contribution in [0.2, 0.25) is 5.02 Å². The molecule has 1 aliphatic heterocycles. The van der Waals surface area contributed by atoms with E-state index in [9.17, 15) is 9.59 Å². The van der Waals surface area contributed by atoms with Gasteiger partial charge in [0.15, 0.2) is 0 Å². The molecule has 1 aromatic carbocycles. The predicted molar refractivity (Wildman–Crippen MR) is 118 cm³/mol. The number of rotatable bonds is 5. The second kappa shape index (κ2) is 8.49. The van der Waals surface area contributed by atoms with Crippen molar-refractivity contribution in [1.82, 2.24) is 9.91 Å². The molecule has 29 heavy (non-hydrogen) atoms. The maximum atomic E-state index is 13.1. The maximum absolute atomic E-state index is 13.1. The van der Waals surface area contributed by atoms with Crippen molar-refractivity contribution in [2.24, 2.45) is 5.10 Å². The number of hydrogen-bond donors (Lipinski definition) is 0. The van der Waals surface area contributed by atoms with Gasteiger partial charge < -0.3 is 4.90 Å². The Hall–Kier alpha value is -2.48. The van der Waals surface area contributed by atoms with Gasteiger partial charge in [0.25, 0.3) is 11.8 Å². The number of carbonyl (C=O) groups is 2. The molecule has 3 aromatic rings. The third kappa shape index (κ3) is 4.12. The lowest BCUT2D eigenvalue weighted by Gasteiger charge is -2.24. The van der Waals surface area contributed by atoms with Crippen LogP contribution >= 0.6 is 34.3 Å². The lowest BCUT2D eigenvalue weighted by molar-refractivity contribution is -0.133. The molecule has 2 amide bonds.